The van der Waals surface area contributed by atoms with Gasteiger partial charge in [-0.3, -0.25) is 9.78 Å². The summed E-state index contributed by atoms with van der Waals surface area (Å²) in [5, 5.41) is 2.63. The molecule has 5 rings (SSSR count). The summed E-state index contributed by atoms with van der Waals surface area (Å²) >= 11 is 0. The quantitative estimate of drug-likeness (QED) is 0.673. The SMILES string of the molecule is CNC(=O)c1cncc(-c2nc(N3CCOCC3)c3nc4n(c3n2)CCOC4(C)C)c1. The Hall–Kier alpha value is -3.11. The lowest BCUT2D eigenvalue weighted by Crippen LogP contribution is -2.37. The summed E-state index contributed by atoms with van der Waals surface area (Å²) in [4.78, 5) is 33.2. The molecule has 3 aromatic heterocycles. The molecule has 10 heteroatoms. The predicted octanol–water partition coefficient (Wildman–Crippen LogP) is 1.35. The van der Waals surface area contributed by atoms with Crippen LogP contribution in [-0.4, -0.2) is 70.4 Å². The van der Waals surface area contributed by atoms with Crippen molar-refractivity contribution in [1.29, 1.82) is 0 Å². The third-order valence-corrected chi connectivity index (χ3v) is 5.69. The molecule has 1 amide bonds. The highest BCUT2D eigenvalue weighted by Gasteiger charge is 2.34. The Morgan fingerprint density at radius 1 is 1.10 bits per heavy atom. The molecule has 1 saturated heterocycles. The Morgan fingerprint density at radius 2 is 1.90 bits per heavy atom. The van der Waals surface area contributed by atoms with Crippen molar-refractivity contribution in [2.75, 3.05) is 44.9 Å². The first-order valence-electron chi connectivity index (χ1n) is 10.4. The van der Waals surface area contributed by atoms with Crippen LogP contribution in [0.25, 0.3) is 22.6 Å². The number of carbonyl (C=O) groups is 1. The molecule has 31 heavy (non-hydrogen) atoms. The zero-order valence-corrected chi connectivity index (χ0v) is 17.9. The van der Waals surface area contributed by atoms with E-state index in [9.17, 15) is 4.79 Å². The van der Waals surface area contributed by atoms with Gasteiger partial charge in [-0.1, -0.05) is 0 Å². The van der Waals surface area contributed by atoms with Crippen LogP contribution in [-0.2, 0) is 21.6 Å². The fourth-order valence-corrected chi connectivity index (χ4v) is 4.07. The molecule has 2 aliphatic rings. The van der Waals surface area contributed by atoms with E-state index in [-0.39, 0.29) is 5.91 Å². The van der Waals surface area contributed by atoms with Crippen molar-refractivity contribution in [2.24, 2.45) is 0 Å². The van der Waals surface area contributed by atoms with E-state index in [1.54, 1.807) is 19.3 Å². The van der Waals surface area contributed by atoms with Crippen molar-refractivity contribution >= 4 is 22.9 Å². The first kappa shape index (κ1) is 19.8. The number of aromatic nitrogens is 5. The minimum absolute atomic E-state index is 0.204. The van der Waals surface area contributed by atoms with Crippen molar-refractivity contribution in [3.05, 3.63) is 29.8 Å². The molecule has 10 nitrogen and oxygen atoms in total. The second-order valence-electron chi connectivity index (χ2n) is 8.13. The molecule has 5 heterocycles. The van der Waals surface area contributed by atoms with Crippen LogP contribution < -0.4 is 10.2 Å². The predicted molar refractivity (Wildman–Crippen MR) is 114 cm³/mol. The summed E-state index contributed by atoms with van der Waals surface area (Å²) in [6, 6.07) is 1.76. The molecule has 1 fully saturated rings. The molecule has 0 saturated carbocycles. The van der Waals surface area contributed by atoms with Crippen molar-refractivity contribution in [2.45, 2.75) is 26.0 Å². The maximum atomic E-state index is 12.1. The van der Waals surface area contributed by atoms with E-state index >= 15 is 0 Å². The van der Waals surface area contributed by atoms with Crippen LogP contribution in [0.5, 0.6) is 0 Å². The number of pyridine rings is 1. The summed E-state index contributed by atoms with van der Waals surface area (Å²) in [6.45, 7) is 8.02. The van der Waals surface area contributed by atoms with Crippen LogP contribution in [0.15, 0.2) is 18.5 Å². The Morgan fingerprint density at radius 3 is 2.68 bits per heavy atom. The van der Waals surface area contributed by atoms with Crippen LogP contribution in [0.3, 0.4) is 0 Å². The number of imidazole rings is 1. The maximum Gasteiger partial charge on any atom is 0.252 e. The highest BCUT2D eigenvalue weighted by atomic mass is 16.5. The molecular weight excluding hydrogens is 398 g/mol. The molecular formula is C21H25N7O3. The maximum absolute atomic E-state index is 12.1. The normalized spacial score (nSPS) is 18.1. The molecule has 0 radical (unpaired) electrons. The average molecular weight is 423 g/mol. The van der Waals surface area contributed by atoms with Gasteiger partial charge in [-0.25, -0.2) is 15.0 Å². The number of hydrogen-bond acceptors (Lipinski definition) is 8. The van der Waals surface area contributed by atoms with Crippen molar-refractivity contribution < 1.29 is 14.3 Å². The second kappa shape index (κ2) is 7.54. The van der Waals surface area contributed by atoms with Gasteiger partial charge in [0.15, 0.2) is 22.8 Å². The Bertz CT molecular complexity index is 1150. The first-order valence-corrected chi connectivity index (χ1v) is 10.4. The lowest BCUT2D eigenvalue weighted by molar-refractivity contribution is -0.0530. The van der Waals surface area contributed by atoms with E-state index in [0.717, 1.165) is 35.9 Å². The third kappa shape index (κ3) is 3.41. The zero-order chi connectivity index (χ0) is 21.6. The van der Waals surface area contributed by atoms with E-state index in [2.05, 4.69) is 19.8 Å². The van der Waals surface area contributed by atoms with E-state index in [1.165, 1.54) is 6.20 Å². The van der Waals surface area contributed by atoms with Gasteiger partial charge in [0.1, 0.15) is 11.4 Å². The van der Waals surface area contributed by atoms with Crippen LogP contribution >= 0.6 is 0 Å². The number of ether oxygens (including phenoxy) is 2. The molecule has 2 aliphatic heterocycles. The van der Waals surface area contributed by atoms with Gasteiger partial charge in [0.25, 0.3) is 5.91 Å². The van der Waals surface area contributed by atoms with Crippen molar-refractivity contribution in [3.8, 4) is 11.4 Å². The molecule has 1 N–H and O–H groups in total. The summed E-state index contributed by atoms with van der Waals surface area (Å²) < 4.78 is 13.6. The minimum Gasteiger partial charge on any atom is -0.378 e. The summed E-state index contributed by atoms with van der Waals surface area (Å²) in [7, 11) is 1.59. The zero-order valence-electron chi connectivity index (χ0n) is 17.9. The van der Waals surface area contributed by atoms with Gasteiger partial charge in [-0.05, 0) is 19.9 Å². The molecule has 0 unspecified atom stereocenters. The van der Waals surface area contributed by atoms with Gasteiger partial charge in [-0.15, -0.1) is 0 Å². The van der Waals surface area contributed by atoms with Gasteiger partial charge < -0.3 is 24.3 Å². The van der Waals surface area contributed by atoms with E-state index in [4.69, 9.17) is 24.4 Å². The van der Waals surface area contributed by atoms with Crippen molar-refractivity contribution in [1.82, 2.24) is 29.8 Å². The summed E-state index contributed by atoms with van der Waals surface area (Å²) in [5.41, 5.74) is 2.15. The summed E-state index contributed by atoms with van der Waals surface area (Å²) in [6.07, 6.45) is 3.21. The number of amides is 1. The molecule has 0 atom stereocenters. The Balaban J connectivity index is 1.72. The fraction of sp³-hybridized carbons (Fsp3) is 0.476. The Kier molecular flexibility index (Phi) is 4.82. The largest absolute Gasteiger partial charge is 0.378 e. The van der Waals surface area contributed by atoms with Gasteiger partial charge in [0, 0.05) is 44.6 Å². The van der Waals surface area contributed by atoms with E-state index < -0.39 is 5.60 Å². The molecule has 162 valence electrons. The highest BCUT2D eigenvalue weighted by molar-refractivity contribution is 5.95. The van der Waals surface area contributed by atoms with Gasteiger partial charge in [0.05, 0.1) is 25.4 Å². The molecule has 3 aromatic rings. The van der Waals surface area contributed by atoms with E-state index in [0.29, 0.717) is 43.3 Å². The number of nitrogens with one attached hydrogen (secondary N) is 1. The van der Waals surface area contributed by atoms with Crippen LogP contribution in [0.2, 0.25) is 0 Å². The number of anilines is 1. The van der Waals surface area contributed by atoms with Crippen LogP contribution in [0.1, 0.15) is 30.0 Å². The Labute approximate surface area is 179 Å². The molecule has 0 spiro atoms. The molecule has 0 aromatic carbocycles. The standard InChI is InChI=1S/C21H25N7O3/c1-21(2)20-24-15-17(27-4-7-30-8-5-27)25-16(26-18(15)28(20)6-9-31-21)13-10-14(12-23-11-13)19(29)22-3/h10-12H,4-9H2,1-3H3,(H,22,29). The van der Waals surface area contributed by atoms with Crippen molar-refractivity contribution in [3.63, 3.8) is 0 Å². The second-order valence-corrected chi connectivity index (χ2v) is 8.13. The molecule has 0 bridgehead atoms. The summed E-state index contributed by atoms with van der Waals surface area (Å²) in [5.74, 6) is 1.92. The van der Waals surface area contributed by atoms with Gasteiger partial charge in [-0.2, -0.15) is 0 Å². The number of rotatable bonds is 3. The monoisotopic (exact) mass is 423 g/mol. The highest BCUT2D eigenvalue weighted by Crippen LogP contribution is 2.35. The average Bonchev–Trinajstić information content (AvgIpc) is 3.19. The lowest BCUT2D eigenvalue weighted by atomic mass is 10.1. The molecule has 0 aliphatic carbocycles. The minimum atomic E-state index is -0.512. The topological polar surface area (TPSA) is 107 Å². The number of carbonyl (C=O) groups excluding carboxylic acids is 1. The number of nitrogens with zero attached hydrogens (tertiary/aromatic N) is 6. The fourth-order valence-electron chi connectivity index (χ4n) is 4.07. The van der Waals surface area contributed by atoms with Crippen LogP contribution in [0.4, 0.5) is 5.82 Å². The lowest BCUT2D eigenvalue weighted by Gasteiger charge is -2.30. The number of hydrogen-bond donors (Lipinski definition) is 1. The smallest absolute Gasteiger partial charge is 0.252 e. The number of fused-ring (bicyclic) bond motifs is 3. The van der Waals surface area contributed by atoms with Gasteiger partial charge >= 0.3 is 0 Å². The van der Waals surface area contributed by atoms with Gasteiger partial charge in [0.2, 0.25) is 0 Å². The first-order chi connectivity index (χ1) is 15.0. The van der Waals surface area contributed by atoms with E-state index in [1.807, 2.05) is 13.8 Å². The van der Waals surface area contributed by atoms with Crippen LogP contribution in [0, 0.1) is 0 Å². The number of morpholine rings is 1. The third-order valence-electron chi connectivity index (χ3n) is 5.69.